The van der Waals surface area contributed by atoms with Crippen LogP contribution >= 0.6 is 0 Å². The van der Waals surface area contributed by atoms with Gasteiger partial charge in [-0.15, -0.1) is 0 Å². The quantitative estimate of drug-likeness (QED) is 0.781. The Hall–Kier alpha value is -1.67. The lowest BCUT2D eigenvalue weighted by Gasteiger charge is -2.32. The van der Waals surface area contributed by atoms with Crippen molar-refractivity contribution in [2.45, 2.75) is 12.8 Å². The normalized spacial score (nSPS) is 20.5. The second-order valence-corrected chi connectivity index (χ2v) is 4.03. The molecule has 0 radical (unpaired) electrons. The number of nitrogens with zero attached hydrogens (tertiary/aromatic N) is 4. The van der Waals surface area contributed by atoms with Crippen LogP contribution in [-0.4, -0.2) is 29.6 Å². The van der Waals surface area contributed by atoms with Crippen molar-refractivity contribution < 1.29 is 0 Å². The highest BCUT2D eigenvalue weighted by atomic mass is 15.2. The number of aromatic nitrogens is 2. The van der Waals surface area contributed by atoms with Crippen LogP contribution in [0.3, 0.4) is 0 Å². The Morgan fingerprint density at radius 3 is 3.06 bits per heavy atom. The fourth-order valence-electron chi connectivity index (χ4n) is 2.09. The summed E-state index contributed by atoms with van der Waals surface area (Å²) in [7, 11) is 0. The van der Waals surface area contributed by atoms with Gasteiger partial charge in [0, 0.05) is 25.5 Å². The molecule has 1 aliphatic heterocycles. The SMILES string of the molecule is N#Cc1nccnc1N1CCCC(CN)C1. The Kier molecular flexibility index (Phi) is 3.32. The zero-order valence-corrected chi connectivity index (χ0v) is 9.13. The summed E-state index contributed by atoms with van der Waals surface area (Å²) in [6.07, 6.45) is 5.44. The van der Waals surface area contributed by atoms with E-state index in [2.05, 4.69) is 20.9 Å². The van der Waals surface area contributed by atoms with Gasteiger partial charge < -0.3 is 10.6 Å². The van der Waals surface area contributed by atoms with E-state index >= 15 is 0 Å². The molecule has 1 saturated heterocycles. The van der Waals surface area contributed by atoms with Crippen LogP contribution in [0.5, 0.6) is 0 Å². The highest BCUT2D eigenvalue weighted by molar-refractivity contribution is 5.49. The number of hydrogen-bond acceptors (Lipinski definition) is 5. The average Bonchev–Trinajstić information content (AvgIpc) is 2.38. The number of piperidine rings is 1. The van der Waals surface area contributed by atoms with E-state index in [0.29, 0.717) is 24.0 Å². The van der Waals surface area contributed by atoms with Crippen LogP contribution in [0, 0.1) is 17.2 Å². The lowest BCUT2D eigenvalue weighted by molar-refractivity contribution is 0.421. The first kappa shape index (κ1) is 10.8. The monoisotopic (exact) mass is 217 g/mol. The van der Waals surface area contributed by atoms with Crippen LogP contribution in [0.15, 0.2) is 12.4 Å². The maximum atomic E-state index is 8.97. The third-order valence-electron chi connectivity index (χ3n) is 2.94. The molecule has 0 aromatic carbocycles. The van der Waals surface area contributed by atoms with Crippen LogP contribution in [0.1, 0.15) is 18.5 Å². The molecule has 1 atom stereocenters. The Morgan fingerprint density at radius 1 is 1.50 bits per heavy atom. The molecule has 5 nitrogen and oxygen atoms in total. The Balaban J connectivity index is 2.20. The van der Waals surface area contributed by atoms with Gasteiger partial charge in [0.1, 0.15) is 6.07 Å². The van der Waals surface area contributed by atoms with Crippen LogP contribution < -0.4 is 10.6 Å². The first-order valence-corrected chi connectivity index (χ1v) is 5.51. The summed E-state index contributed by atoms with van der Waals surface area (Å²) in [5.74, 6) is 1.20. The molecular formula is C11H15N5. The molecule has 2 N–H and O–H groups in total. The molecule has 1 aromatic rings. The number of nitrogens with two attached hydrogens (primary N) is 1. The topological polar surface area (TPSA) is 78.8 Å². The van der Waals surface area contributed by atoms with E-state index in [1.54, 1.807) is 12.4 Å². The van der Waals surface area contributed by atoms with Gasteiger partial charge in [-0.25, -0.2) is 9.97 Å². The van der Waals surface area contributed by atoms with Gasteiger partial charge in [-0.05, 0) is 25.3 Å². The molecule has 0 bridgehead atoms. The zero-order valence-electron chi connectivity index (χ0n) is 9.13. The van der Waals surface area contributed by atoms with Gasteiger partial charge >= 0.3 is 0 Å². The predicted molar refractivity (Wildman–Crippen MR) is 60.7 cm³/mol. The second kappa shape index (κ2) is 4.90. The molecular weight excluding hydrogens is 202 g/mol. The van der Waals surface area contributed by atoms with E-state index in [-0.39, 0.29) is 0 Å². The minimum Gasteiger partial charge on any atom is -0.354 e. The molecule has 84 valence electrons. The van der Waals surface area contributed by atoms with Crippen molar-refractivity contribution in [2.75, 3.05) is 24.5 Å². The standard InChI is InChI=1S/C11H15N5/c12-6-9-2-1-5-16(8-9)11-10(7-13)14-3-4-15-11/h3-4,9H,1-2,5-6,8,12H2. The van der Waals surface area contributed by atoms with Gasteiger partial charge in [0.25, 0.3) is 0 Å². The molecule has 2 rings (SSSR count). The lowest BCUT2D eigenvalue weighted by atomic mass is 9.98. The van der Waals surface area contributed by atoms with Crippen molar-refractivity contribution in [1.29, 1.82) is 5.26 Å². The second-order valence-electron chi connectivity index (χ2n) is 4.03. The molecule has 0 saturated carbocycles. The summed E-state index contributed by atoms with van der Waals surface area (Å²) < 4.78 is 0. The molecule has 0 amide bonds. The Labute approximate surface area is 94.9 Å². The van der Waals surface area contributed by atoms with Gasteiger partial charge in [-0.1, -0.05) is 0 Å². The van der Waals surface area contributed by atoms with Gasteiger partial charge in [0.2, 0.25) is 0 Å². The molecule has 2 heterocycles. The van der Waals surface area contributed by atoms with Crippen molar-refractivity contribution in [1.82, 2.24) is 9.97 Å². The van der Waals surface area contributed by atoms with Gasteiger partial charge in [0.05, 0.1) is 0 Å². The summed E-state index contributed by atoms with van der Waals surface area (Å²) in [6, 6.07) is 2.08. The van der Waals surface area contributed by atoms with E-state index < -0.39 is 0 Å². The van der Waals surface area contributed by atoms with Gasteiger partial charge in [-0.3, -0.25) is 0 Å². The van der Waals surface area contributed by atoms with Crippen molar-refractivity contribution in [2.24, 2.45) is 11.7 Å². The first-order chi connectivity index (χ1) is 7.85. The smallest absolute Gasteiger partial charge is 0.183 e. The minimum absolute atomic E-state index is 0.403. The Bertz CT molecular complexity index is 398. The highest BCUT2D eigenvalue weighted by Crippen LogP contribution is 2.22. The molecule has 1 aliphatic rings. The molecule has 5 heteroatoms. The van der Waals surface area contributed by atoms with Gasteiger partial charge in [0.15, 0.2) is 11.5 Å². The molecule has 1 aromatic heterocycles. The maximum Gasteiger partial charge on any atom is 0.183 e. The third kappa shape index (κ3) is 2.12. The summed E-state index contributed by atoms with van der Waals surface area (Å²) in [4.78, 5) is 10.4. The van der Waals surface area contributed by atoms with E-state index in [0.717, 1.165) is 25.9 Å². The summed E-state index contributed by atoms with van der Waals surface area (Å²) in [5.41, 5.74) is 6.09. The number of nitriles is 1. The minimum atomic E-state index is 0.403. The summed E-state index contributed by atoms with van der Waals surface area (Å²) in [5, 5.41) is 8.97. The molecule has 16 heavy (non-hydrogen) atoms. The van der Waals surface area contributed by atoms with Gasteiger partial charge in [-0.2, -0.15) is 5.26 Å². The zero-order chi connectivity index (χ0) is 11.4. The predicted octanol–water partition coefficient (Wildman–Crippen LogP) is 0.523. The highest BCUT2D eigenvalue weighted by Gasteiger charge is 2.22. The number of hydrogen-bond donors (Lipinski definition) is 1. The maximum absolute atomic E-state index is 8.97. The van der Waals surface area contributed by atoms with Crippen molar-refractivity contribution in [3.05, 3.63) is 18.1 Å². The largest absolute Gasteiger partial charge is 0.354 e. The van der Waals surface area contributed by atoms with Crippen molar-refractivity contribution in [3.8, 4) is 6.07 Å². The summed E-state index contributed by atoms with van der Waals surface area (Å²) >= 11 is 0. The first-order valence-electron chi connectivity index (χ1n) is 5.51. The van der Waals surface area contributed by atoms with Crippen LogP contribution in [0.25, 0.3) is 0 Å². The number of rotatable bonds is 2. The van der Waals surface area contributed by atoms with Crippen molar-refractivity contribution in [3.63, 3.8) is 0 Å². The van der Waals surface area contributed by atoms with E-state index in [1.807, 2.05) is 0 Å². The van der Waals surface area contributed by atoms with E-state index in [9.17, 15) is 0 Å². The number of anilines is 1. The fourth-order valence-corrected chi connectivity index (χ4v) is 2.09. The molecule has 1 unspecified atom stereocenters. The Morgan fingerprint density at radius 2 is 2.31 bits per heavy atom. The van der Waals surface area contributed by atoms with Crippen molar-refractivity contribution >= 4 is 5.82 Å². The van der Waals surface area contributed by atoms with E-state index in [1.165, 1.54) is 0 Å². The van der Waals surface area contributed by atoms with Crippen LogP contribution in [0.2, 0.25) is 0 Å². The fraction of sp³-hybridized carbons (Fsp3) is 0.545. The molecule has 1 fully saturated rings. The lowest BCUT2D eigenvalue weighted by Crippen LogP contribution is -2.39. The van der Waals surface area contributed by atoms with Crippen LogP contribution in [-0.2, 0) is 0 Å². The molecule has 0 spiro atoms. The average molecular weight is 217 g/mol. The molecule has 0 aliphatic carbocycles. The third-order valence-corrected chi connectivity index (χ3v) is 2.94. The van der Waals surface area contributed by atoms with Crippen LogP contribution in [0.4, 0.5) is 5.82 Å². The van der Waals surface area contributed by atoms with E-state index in [4.69, 9.17) is 11.0 Å². The summed E-state index contributed by atoms with van der Waals surface area (Å²) in [6.45, 7) is 2.51.